The number of Topliss-reactive ketones (excluding diaryl/α,β-unsaturated/α-hetero) is 1. The zero-order chi connectivity index (χ0) is 9.72. The molecule has 0 N–H and O–H groups in total. The maximum Gasteiger partial charge on any atom is 0.155 e. The molecule has 0 rings (SSSR count). The van der Waals surface area contributed by atoms with Crippen LogP contribution in [0, 0.1) is 5.92 Å². The summed E-state index contributed by atoms with van der Waals surface area (Å²) >= 11 is 0. The molecule has 0 aromatic rings. The van der Waals surface area contributed by atoms with Crippen LogP contribution in [-0.4, -0.2) is 19.0 Å². The number of allylic oxidation sites excluding steroid dienone is 1. The number of methoxy groups -OCH3 is 1. The van der Waals surface area contributed by atoms with Gasteiger partial charge in [-0.25, -0.2) is 0 Å². The highest BCUT2D eigenvalue weighted by molar-refractivity contribution is 5.92. The van der Waals surface area contributed by atoms with Gasteiger partial charge in [-0.3, -0.25) is 4.79 Å². The molecule has 0 fully saturated rings. The summed E-state index contributed by atoms with van der Waals surface area (Å²) in [5.74, 6) is 0.516. The van der Waals surface area contributed by atoms with E-state index in [1.54, 1.807) is 14.0 Å². The predicted molar refractivity (Wildman–Crippen MR) is 50.1 cm³/mol. The summed E-state index contributed by atoms with van der Waals surface area (Å²) in [6.45, 7) is 7.52. The molecule has 0 aliphatic heterocycles. The van der Waals surface area contributed by atoms with E-state index in [1.807, 2.05) is 13.0 Å². The summed E-state index contributed by atoms with van der Waals surface area (Å²) in [5.41, 5.74) is 0.774. The zero-order valence-electron chi connectivity index (χ0n) is 8.55. The van der Waals surface area contributed by atoms with E-state index in [4.69, 9.17) is 4.74 Å². The fourth-order valence-electron chi connectivity index (χ4n) is 0.896. The summed E-state index contributed by atoms with van der Waals surface area (Å²) in [6, 6.07) is 0. The molecule has 1 unspecified atom stereocenters. The third-order valence-electron chi connectivity index (χ3n) is 1.90. The lowest BCUT2D eigenvalue weighted by molar-refractivity contribution is -0.113. The predicted octanol–water partition coefficient (Wildman–Crippen LogP) is 2.19. The first kappa shape index (κ1) is 11.4. The first-order chi connectivity index (χ1) is 5.49. The molecule has 0 aromatic carbocycles. The standard InChI is InChI=1S/C10H18O2/c1-7(2)10(12-5)6-8(3)9(4)11/h6-7,10H,1-5H3/b8-6+. The number of ether oxygens (including phenoxy) is 1. The van der Waals surface area contributed by atoms with E-state index in [-0.39, 0.29) is 11.9 Å². The Bertz CT molecular complexity index is 180. The summed E-state index contributed by atoms with van der Waals surface area (Å²) < 4.78 is 5.20. The number of ketones is 1. The van der Waals surface area contributed by atoms with Crippen molar-refractivity contribution in [3.8, 4) is 0 Å². The lowest BCUT2D eigenvalue weighted by Crippen LogP contribution is -2.16. The van der Waals surface area contributed by atoms with Gasteiger partial charge in [0.2, 0.25) is 0 Å². The summed E-state index contributed by atoms with van der Waals surface area (Å²) in [6.07, 6.45) is 1.93. The van der Waals surface area contributed by atoms with Gasteiger partial charge in [-0.1, -0.05) is 13.8 Å². The van der Waals surface area contributed by atoms with Gasteiger partial charge in [0, 0.05) is 7.11 Å². The molecule has 1 atom stereocenters. The van der Waals surface area contributed by atoms with E-state index in [0.29, 0.717) is 5.92 Å². The van der Waals surface area contributed by atoms with Gasteiger partial charge in [-0.05, 0) is 31.4 Å². The van der Waals surface area contributed by atoms with Crippen molar-refractivity contribution in [1.82, 2.24) is 0 Å². The number of hydrogen-bond acceptors (Lipinski definition) is 2. The Balaban J connectivity index is 4.35. The van der Waals surface area contributed by atoms with E-state index >= 15 is 0 Å². The van der Waals surface area contributed by atoms with E-state index < -0.39 is 0 Å². The van der Waals surface area contributed by atoms with Crippen LogP contribution in [0.3, 0.4) is 0 Å². The second kappa shape index (κ2) is 5.09. The molecule has 0 aromatic heterocycles. The van der Waals surface area contributed by atoms with Gasteiger partial charge in [-0.15, -0.1) is 0 Å². The molecule has 70 valence electrons. The van der Waals surface area contributed by atoms with Crippen LogP contribution in [0.2, 0.25) is 0 Å². The SMILES string of the molecule is COC(/C=C(\C)C(C)=O)C(C)C. The first-order valence-corrected chi connectivity index (χ1v) is 4.21. The van der Waals surface area contributed by atoms with Crippen LogP contribution in [0.15, 0.2) is 11.6 Å². The van der Waals surface area contributed by atoms with Crippen LogP contribution in [0.4, 0.5) is 0 Å². The maximum atomic E-state index is 10.9. The maximum absolute atomic E-state index is 10.9. The first-order valence-electron chi connectivity index (χ1n) is 4.21. The van der Waals surface area contributed by atoms with Gasteiger partial charge in [0.25, 0.3) is 0 Å². The van der Waals surface area contributed by atoms with E-state index in [9.17, 15) is 4.79 Å². The Morgan fingerprint density at radius 1 is 1.33 bits per heavy atom. The van der Waals surface area contributed by atoms with E-state index in [1.165, 1.54) is 0 Å². The van der Waals surface area contributed by atoms with Crippen LogP contribution in [0.5, 0.6) is 0 Å². The van der Waals surface area contributed by atoms with Crippen molar-refractivity contribution in [2.45, 2.75) is 33.8 Å². The van der Waals surface area contributed by atoms with E-state index in [0.717, 1.165) is 5.57 Å². The van der Waals surface area contributed by atoms with Crippen molar-refractivity contribution in [2.24, 2.45) is 5.92 Å². The molecule has 0 bridgehead atoms. The average molecular weight is 170 g/mol. The Hall–Kier alpha value is -0.630. The van der Waals surface area contributed by atoms with Gasteiger partial charge in [-0.2, -0.15) is 0 Å². The molecule has 0 aliphatic rings. The molecule has 12 heavy (non-hydrogen) atoms. The Morgan fingerprint density at radius 3 is 2.08 bits per heavy atom. The molecule has 0 heterocycles. The zero-order valence-corrected chi connectivity index (χ0v) is 8.55. The van der Waals surface area contributed by atoms with Crippen LogP contribution in [0.1, 0.15) is 27.7 Å². The Labute approximate surface area is 74.6 Å². The number of carbonyl (C=O) groups excluding carboxylic acids is 1. The van der Waals surface area contributed by atoms with Crippen LogP contribution < -0.4 is 0 Å². The van der Waals surface area contributed by atoms with Crippen molar-refractivity contribution in [3.63, 3.8) is 0 Å². The molecule has 0 aliphatic carbocycles. The largest absolute Gasteiger partial charge is 0.377 e. The summed E-state index contributed by atoms with van der Waals surface area (Å²) in [4.78, 5) is 10.9. The number of carbonyl (C=O) groups is 1. The third-order valence-corrected chi connectivity index (χ3v) is 1.90. The second-order valence-electron chi connectivity index (χ2n) is 3.35. The Morgan fingerprint density at radius 2 is 1.83 bits per heavy atom. The summed E-state index contributed by atoms with van der Waals surface area (Å²) in [7, 11) is 1.66. The minimum atomic E-state index is 0.0499. The van der Waals surface area contributed by atoms with Gasteiger partial charge in [0.15, 0.2) is 5.78 Å². The molecule has 2 heteroatoms. The molecule has 0 radical (unpaired) electrons. The quantitative estimate of drug-likeness (QED) is 0.604. The van der Waals surface area contributed by atoms with Crippen LogP contribution >= 0.6 is 0 Å². The fraction of sp³-hybridized carbons (Fsp3) is 0.700. The molecule has 2 nitrogen and oxygen atoms in total. The minimum absolute atomic E-state index is 0.0499. The van der Waals surface area contributed by atoms with Crippen LogP contribution in [0.25, 0.3) is 0 Å². The van der Waals surface area contributed by atoms with Crippen molar-refractivity contribution in [1.29, 1.82) is 0 Å². The molecule has 0 amide bonds. The lowest BCUT2D eigenvalue weighted by Gasteiger charge is -2.15. The smallest absolute Gasteiger partial charge is 0.155 e. The second-order valence-corrected chi connectivity index (χ2v) is 3.35. The van der Waals surface area contributed by atoms with Gasteiger partial charge < -0.3 is 4.74 Å². The lowest BCUT2D eigenvalue weighted by atomic mass is 10.0. The van der Waals surface area contributed by atoms with Crippen molar-refractivity contribution >= 4 is 5.78 Å². The summed E-state index contributed by atoms with van der Waals surface area (Å²) in [5, 5.41) is 0. The highest BCUT2D eigenvalue weighted by Gasteiger charge is 2.09. The van der Waals surface area contributed by atoms with E-state index in [2.05, 4.69) is 13.8 Å². The minimum Gasteiger partial charge on any atom is -0.377 e. The van der Waals surface area contributed by atoms with Gasteiger partial charge in [0.05, 0.1) is 6.10 Å². The van der Waals surface area contributed by atoms with Crippen molar-refractivity contribution < 1.29 is 9.53 Å². The van der Waals surface area contributed by atoms with Crippen LogP contribution in [-0.2, 0) is 9.53 Å². The molecular weight excluding hydrogens is 152 g/mol. The normalized spacial score (nSPS) is 15.0. The topological polar surface area (TPSA) is 26.3 Å². The molecular formula is C10H18O2. The highest BCUT2D eigenvalue weighted by Crippen LogP contribution is 2.09. The molecule has 0 saturated carbocycles. The van der Waals surface area contributed by atoms with Gasteiger partial charge in [0.1, 0.15) is 0 Å². The number of hydrogen-bond donors (Lipinski definition) is 0. The highest BCUT2D eigenvalue weighted by atomic mass is 16.5. The Kier molecular flexibility index (Phi) is 4.83. The third kappa shape index (κ3) is 3.67. The molecule has 0 saturated heterocycles. The van der Waals surface area contributed by atoms with Crippen molar-refractivity contribution in [2.75, 3.05) is 7.11 Å². The number of rotatable bonds is 4. The average Bonchev–Trinajstić information content (AvgIpc) is 1.98. The monoisotopic (exact) mass is 170 g/mol. The van der Waals surface area contributed by atoms with Crippen molar-refractivity contribution in [3.05, 3.63) is 11.6 Å². The molecule has 0 spiro atoms. The fourth-order valence-corrected chi connectivity index (χ4v) is 0.896. The van der Waals surface area contributed by atoms with Gasteiger partial charge >= 0.3 is 0 Å².